The second-order valence-corrected chi connectivity index (χ2v) is 10.7. The molecule has 2 N–H and O–H groups in total. The van der Waals surface area contributed by atoms with Gasteiger partial charge in [0.2, 0.25) is 5.91 Å². The number of alkyl carbamates (subject to hydrolysis) is 1. The van der Waals surface area contributed by atoms with Crippen LogP contribution in [0.25, 0.3) is 11.1 Å². The van der Waals surface area contributed by atoms with Gasteiger partial charge in [-0.15, -0.1) is 0 Å². The minimum atomic E-state index is -1.14. The SMILES string of the molecule is CC(C)(C)OC(=O)N[C@H](C(=O)N1C[C@H](Oc2cncc(-c3ccoc3)c2)C[C@H]1C(=O)O)C(C)(C)C. The molecule has 3 heterocycles. The molecule has 190 valence electrons. The molecule has 3 rings (SSSR count). The van der Waals surface area contributed by atoms with Gasteiger partial charge in [0.05, 0.1) is 25.3 Å². The number of aromatic nitrogens is 1. The Labute approximate surface area is 204 Å². The zero-order valence-electron chi connectivity index (χ0n) is 20.9. The maximum Gasteiger partial charge on any atom is 0.408 e. The first kappa shape index (κ1) is 26.1. The Kier molecular flexibility index (Phi) is 7.42. The van der Waals surface area contributed by atoms with E-state index in [1.54, 1.807) is 72.4 Å². The van der Waals surface area contributed by atoms with Gasteiger partial charge in [-0.1, -0.05) is 20.8 Å². The monoisotopic (exact) mass is 487 g/mol. The molecule has 0 aliphatic carbocycles. The van der Waals surface area contributed by atoms with Gasteiger partial charge in [0.1, 0.15) is 29.5 Å². The van der Waals surface area contributed by atoms with E-state index in [1.807, 2.05) is 0 Å². The second-order valence-electron chi connectivity index (χ2n) is 10.7. The van der Waals surface area contributed by atoms with Crippen LogP contribution < -0.4 is 10.1 Å². The third-order valence-corrected chi connectivity index (χ3v) is 5.48. The van der Waals surface area contributed by atoms with Crippen LogP contribution in [0.15, 0.2) is 41.5 Å². The molecule has 1 aliphatic rings. The highest BCUT2D eigenvalue weighted by Gasteiger charge is 2.46. The van der Waals surface area contributed by atoms with Crippen molar-refractivity contribution in [1.29, 1.82) is 0 Å². The number of nitrogens with one attached hydrogen (secondary N) is 1. The molecular weight excluding hydrogens is 454 g/mol. The average molecular weight is 488 g/mol. The largest absolute Gasteiger partial charge is 0.487 e. The maximum atomic E-state index is 13.5. The molecule has 0 spiro atoms. The molecule has 35 heavy (non-hydrogen) atoms. The standard InChI is InChI=1S/C25H33N3O7/c1-24(2,3)20(27-23(32)35-25(4,5)6)21(29)28-13-18(10-19(28)22(30)31)34-17-9-16(11-26-12-17)15-7-8-33-14-15/h7-9,11-12,14,18-20H,10,13H2,1-6H3,(H,27,32)(H,30,31)/t18-,19+,20-/m1/s1. The van der Waals surface area contributed by atoms with Gasteiger partial charge in [0, 0.05) is 23.7 Å². The summed E-state index contributed by atoms with van der Waals surface area (Å²) in [5.41, 5.74) is 0.172. The van der Waals surface area contributed by atoms with Gasteiger partial charge in [-0.2, -0.15) is 0 Å². The van der Waals surface area contributed by atoms with Crippen molar-refractivity contribution >= 4 is 18.0 Å². The number of pyridine rings is 1. The Morgan fingerprint density at radius 1 is 1.17 bits per heavy atom. The summed E-state index contributed by atoms with van der Waals surface area (Å²) in [6.45, 7) is 10.6. The summed E-state index contributed by atoms with van der Waals surface area (Å²) in [5, 5.41) is 12.5. The molecule has 3 atom stereocenters. The number of carboxylic acid groups (broad SMARTS) is 1. The highest BCUT2D eigenvalue weighted by atomic mass is 16.6. The van der Waals surface area contributed by atoms with Gasteiger partial charge in [-0.3, -0.25) is 9.78 Å². The Morgan fingerprint density at radius 3 is 2.46 bits per heavy atom. The second kappa shape index (κ2) is 9.97. The van der Waals surface area contributed by atoms with E-state index in [1.165, 1.54) is 11.1 Å². The number of furan rings is 1. The first-order chi connectivity index (χ1) is 16.2. The first-order valence-corrected chi connectivity index (χ1v) is 11.4. The molecule has 1 fully saturated rings. The summed E-state index contributed by atoms with van der Waals surface area (Å²) in [6, 6.07) is 1.48. The van der Waals surface area contributed by atoms with E-state index in [2.05, 4.69) is 10.3 Å². The Balaban J connectivity index is 1.77. The lowest BCUT2D eigenvalue weighted by molar-refractivity contribution is -0.150. The van der Waals surface area contributed by atoms with Crippen molar-refractivity contribution in [2.24, 2.45) is 5.41 Å². The van der Waals surface area contributed by atoms with Crippen molar-refractivity contribution in [1.82, 2.24) is 15.2 Å². The highest BCUT2D eigenvalue weighted by Crippen LogP contribution is 2.29. The number of hydrogen-bond acceptors (Lipinski definition) is 7. The van der Waals surface area contributed by atoms with E-state index < -0.39 is 47.2 Å². The summed E-state index contributed by atoms with van der Waals surface area (Å²) in [4.78, 5) is 43.4. The van der Waals surface area contributed by atoms with Crippen LogP contribution in [0.5, 0.6) is 5.75 Å². The molecule has 10 heteroatoms. The number of hydrogen-bond donors (Lipinski definition) is 2. The van der Waals surface area contributed by atoms with Crippen molar-refractivity contribution in [2.45, 2.75) is 71.8 Å². The van der Waals surface area contributed by atoms with Crippen molar-refractivity contribution < 1.29 is 33.4 Å². The molecule has 1 aliphatic heterocycles. The van der Waals surface area contributed by atoms with Crippen molar-refractivity contribution in [3.8, 4) is 16.9 Å². The van der Waals surface area contributed by atoms with Crippen LogP contribution >= 0.6 is 0 Å². The summed E-state index contributed by atoms with van der Waals surface area (Å²) in [5.74, 6) is -1.20. The number of amides is 2. The van der Waals surface area contributed by atoms with E-state index in [0.29, 0.717) is 5.75 Å². The van der Waals surface area contributed by atoms with Crippen LogP contribution in [0.3, 0.4) is 0 Å². The Bertz CT molecular complexity index is 1050. The normalized spacial score (nSPS) is 19.2. The summed E-state index contributed by atoms with van der Waals surface area (Å²) in [7, 11) is 0. The molecule has 0 radical (unpaired) electrons. The summed E-state index contributed by atoms with van der Waals surface area (Å²) >= 11 is 0. The molecule has 0 aromatic carbocycles. The molecule has 0 bridgehead atoms. The minimum absolute atomic E-state index is 0.0499. The summed E-state index contributed by atoms with van der Waals surface area (Å²) < 4.78 is 16.5. The zero-order valence-corrected chi connectivity index (χ0v) is 20.9. The lowest BCUT2D eigenvalue weighted by Gasteiger charge is -2.35. The molecule has 1 saturated heterocycles. The fourth-order valence-corrected chi connectivity index (χ4v) is 3.86. The number of carbonyl (C=O) groups is 3. The number of carboxylic acids is 1. The molecule has 2 aromatic heterocycles. The lowest BCUT2D eigenvalue weighted by atomic mass is 9.85. The smallest absolute Gasteiger partial charge is 0.408 e. The fourth-order valence-electron chi connectivity index (χ4n) is 3.86. The quantitative estimate of drug-likeness (QED) is 0.630. The lowest BCUT2D eigenvalue weighted by Crippen LogP contribution is -2.57. The van der Waals surface area contributed by atoms with Crippen LogP contribution in [0, 0.1) is 5.41 Å². The molecule has 10 nitrogen and oxygen atoms in total. The first-order valence-electron chi connectivity index (χ1n) is 11.4. The van der Waals surface area contributed by atoms with E-state index in [0.717, 1.165) is 11.1 Å². The van der Waals surface area contributed by atoms with Crippen LogP contribution in [0.2, 0.25) is 0 Å². The fraction of sp³-hybridized carbons (Fsp3) is 0.520. The maximum absolute atomic E-state index is 13.5. The number of rotatable bonds is 6. The van der Waals surface area contributed by atoms with Crippen molar-refractivity contribution in [2.75, 3.05) is 6.54 Å². The van der Waals surface area contributed by atoms with E-state index in [4.69, 9.17) is 13.9 Å². The predicted molar refractivity (Wildman–Crippen MR) is 127 cm³/mol. The minimum Gasteiger partial charge on any atom is -0.487 e. The molecule has 0 unspecified atom stereocenters. The number of aliphatic carboxylic acids is 1. The average Bonchev–Trinajstić information content (AvgIpc) is 3.40. The Hall–Kier alpha value is -3.56. The van der Waals surface area contributed by atoms with Gasteiger partial charge >= 0.3 is 12.1 Å². The number of nitrogens with zero attached hydrogens (tertiary/aromatic N) is 2. The van der Waals surface area contributed by atoms with Crippen LogP contribution in [-0.4, -0.2) is 63.3 Å². The van der Waals surface area contributed by atoms with E-state index in [9.17, 15) is 19.5 Å². The molecule has 0 saturated carbocycles. The van der Waals surface area contributed by atoms with Crippen molar-refractivity contribution in [3.05, 3.63) is 37.1 Å². The number of likely N-dealkylation sites (tertiary alicyclic amines) is 1. The molecular formula is C25H33N3O7. The third kappa shape index (κ3) is 6.74. The van der Waals surface area contributed by atoms with Crippen LogP contribution in [0.1, 0.15) is 48.0 Å². The topological polar surface area (TPSA) is 131 Å². The number of ether oxygens (including phenoxy) is 2. The van der Waals surface area contributed by atoms with Crippen LogP contribution in [0.4, 0.5) is 4.79 Å². The Morgan fingerprint density at radius 2 is 1.89 bits per heavy atom. The number of carbonyl (C=O) groups excluding carboxylic acids is 2. The van der Waals surface area contributed by atoms with Gasteiger partial charge in [-0.05, 0) is 38.3 Å². The third-order valence-electron chi connectivity index (χ3n) is 5.48. The molecule has 2 aromatic rings. The molecule has 2 amide bonds. The van der Waals surface area contributed by atoms with E-state index >= 15 is 0 Å². The van der Waals surface area contributed by atoms with Gasteiger partial charge < -0.3 is 29.2 Å². The van der Waals surface area contributed by atoms with E-state index in [-0.39, 0.29) is 13.0 Å². The van der Waals surface area contributed by atoms with Gasteiger partial charge in [0.25, 0.3) is 0 Å². The van der Waals surface area contributed by atoms with Crippen LogP contribution in [-0.2, 0) is 14.3 Å². The van der Waals surface area contributed by atoms with Gasteiger partial charge in [-0.25, -0.2) is 9.59 Å². The highest BCUT2D eigenvalue weighted by molar-refractivity contribution is 5.90. The van der Waals surface area contributed by atoms with Crippen molar-refractivity contribution in [3.63, 3.8) is 0 Å². The summed E-state index contributed by atoms with van der Waals surface area (Å²) in [6.07, 6.45) is 5.12. The predicted octanol–water partition coefficient (Wildman–Crippen LogP) is 3.71. The van der Waals surface area contributed by atoms with Gasteiger partial charge in [0.15, 0.2) is 0 Å². The zero-order chi connectivity index (χ0) is 26.0.